The van der Waals surface area contributed by atoms with Gasteiger partial charge in [0.2, 0.25) is 21.8 Å². The maximum atomic E-state index is 14.3. The summed E-state index contributed by atoms with van der Waals surface area (Å²) in [6.07, 6.45) is 1.02. The van der Waals surface area contributed by atoms with Crippen LogP contribution in [0.5, 0.6) is 0 Å². The first-order chi connectivity index (χ1) is 15.0. The van der Waals surface area contributed by atoms with Crippen LogP contribution in [0.2, 0.25) is 0 Å². The van der Waals surface area contributed by atoms with Gasteiger partial charge in [0.25, 0.3) is 0 Å². The summed E-state index contributed by atoms with van der Waals surface area (Å²) in [6, 6.07) is 10.4. The molecule has 0 aromatic heterocycles. The Kier molecular flexibility index (Phi) is 8.38. The minimum Gasteiger partial charge on any atom is -0.355 e. The number of anilines is 1. The van der Waals surface area contributed by atoms with Crippen LogP contribution in [0.4, 0.5) is 10.1 Å². The first-order valence-corrected chi connectivity index (χ1v) is 12.2. The number of hydrogen-bond acceptors (Lipinski definition) is 4. The molecule has 2 aromatic carbocycles. The van der Waals surface area contributed by atoms with Crippen LogP contribution in [0, 0.1) is 19.7 Å². The quantitative estimate of drug-likeness (QED) is 0.620. The molecule has 0 bridgehead atoms. The van der Waals surface area contributed by atoms with E-state index >= 15 is 0 Å². The molecule has 0 aliphatic heterocycles. The lowest BCUT2D eigenvalue weighted by atomic mass is 10.1. The van der Waals surface area contributed by atoms with Crippen LogP contribution in [0.1, 0.15) is 30.5 Å². The monoisotopic (exact) mass is 463 g/mol. The van der Waals surface area contributed by atoms with Crippen molar-refractivity contribution in [1.82, 2.24) is 10.2 Å². The second kappa shape index (κ2) is 10.6. The van der Waals surface area contributed by atoms with Crippen LogP contribution in [-0.2, 0) is 26.2 Å². The van der Waals surface area contributed by atoms with Gasteiger partial charge in [-0.3, -0.25) is 13.9 Å². The Morgan fingerprint density at radius 3 is 2.38 bits per heavy atom. The van der Waals surface area contributed by atoms with E-state index in [1.165, 1.54) is 30.0 Å². The van der Waals surface area contributed by atoms with Gasteiger partial charge in [-0.15, -0.1) is 0 Å². The highest BCUT2D eigenvalue weighted by molar-refractivity contribution is 7.92. The molecule has 1 atom stereocenters. The minimum absolute atomic E-state index is 0.172. The average molecular weight is 464 g/mol. The molecule has 0 radical (unpaired) electrons. The van der Waals surface area contributed by atoms with Gasteiger partial charge in [0.15, 0.2) is 0 Å². The predicted octanol–water partition coefficient (Wildman–Crippen LogP) is 2.76. The van der Waals surface area contributed by atoms with Gasteiger partial charge in [-0.25, -0.2) is 12.8 Å². The van der Waals surface area contributed by atoms with Gasteiger partial charge < -0.3 is 10.2 Å². The van der Waals surface area contributed by atoms with Crippen molar-refractivity contribution >= 4 is 27.5 Å². The molecule has 0 heterocycles. The Morgan fingerprint density at radius 1 is 1.12 bits per heavy atom. The Labute approximate surface area is 189 Å². The van der Waals surface area contributed by atoms with Crippen LogP contribution in [0.3, 0.4) is 0 Å². The molecule has 2 amide bonds. The Morgan fingerprint density at radius 2 is 1.78 bits per heavy atom. The van der Waals surface area contributed by atoms with Crippen molar-refractivity contribution < 1.29 is 22.4 Å². The SMILES string of the molecule is CCNC(=O)[C@@H](C)N(Cc1ccccc1F)C(=O)CN(c1cc(C)ccc1C)S(C)(=O)=O. The number of hydrogen-bond donors (Lipinski definition) is 1. The van der Waals surface area contributed by atoms with Gasteiger partial charge in [-0.2, -0.15) is 0 Å². The van der Waals surface area contributed by atoms with Crippen LogP contribution in [0.15, 0.2) is 42.5 Å². The molecule has 0 saturated heterocycles. The molecule has 0 aliphatic carbocycles. The van der Waals surface area contributed by atoms with Crippen LogP contribution in [0.25, 0.3) is 0 Å². The number of benzene rings is 2. The highest BCUT2D eigenvalue weighted by atomic mass is 32.2. The number of aryl methyl sites for hydroxylation is 2. The molecule has 2 rings (SSSR count). The Balaban J connectivity index is 2.45. The summed E-state index contributed by atoms with van der Waals surface area (Å²) in [5.41, 5.74) is 2.14. The zero-order chi connectivity index (χ0) is 24.1. The van der Waals surface area contributed by atoms with E-state index in [1.54, 1.807) is 32.0 Å². The largest absolute Gasteiger partial charge is 0.355 e. The van der Waals surface area contributed by atoms with Crippen molar-refractivity contribution in [2.45, 2.75) is 40.3 Å². The summed E-state index contributed by atoms with van der Waals surface area (Å²) >= 11 is 0. The lowest BCUT2D eigenvalue weighted by Gasteiger charge is -2.32. The molecular weight excluding hydrogens is 433 g/mol. The van der Waals surface area contributed by atoms with Crippen molar-refractivity contribution in [2.24, 2.45) is 0 Å². The molecule has 1 N–H and O–H groups in total. The van der Waals surface area contributed by atoms with E-state index in [-0.39, 0.29) is 12.1 Å². The standard InChI is InChI=1S/C23H30FN3O4S/c1-6-25-23(29)18(4)26(14-19-9-7-8-10-20(19)24)22(28)15-27(32(5,30)31)21-13-16(2)11-12-17(21)3/h7-13,18H,6,14-15H2,1-5H3,(H,25,29)/t18-/m1/s1. The molecule has 7 nitrogen and oxygen atoms in total. The summed E-state index contributed by atoms with van der Waals surface area (Å²) < 4.78 is 40.5. The number of carbonyl (C=O) groups excluding carboxylic acids is 2. The first-order valence-electron chi connectivity index (χ1n) is 10.3. The number of amides is 2. The summed E-state index contributed by atoms with van der Waals surface area (Å²) in [5.74, 6) is -1.53. The smallest absolute Gasteiger partial charge is 0.244 e. The van der Waals surface area contributed by atoms with Gasteiger partial charge in [-0.05, 0) is 51.0 Å². The fourth-order valence-corrected chi connectivity index (χ4v) is 4.20. The average Bonchev–Trinajstić information content (AvgIpc) is 2.72. The zero-order valence-corrected chi connectivity index (χ0v) is 19.9. The van der Waals surface area contributed by atoms with Crippen LogP contribution in [-0.4, -0.2) is 50.5 Å². The minimum atomic E-state index is -3.81. The number of sulfonamides is 1. The molecule has 32 heavy (non-hydrogen) atoms. The predicted molar refractivity (Wildman–Crippen MR) is 123 cm³/mol. The number of nitrogens with one attached hydrogen (secondary N) is 1. The number of carbonyl (C=O) groups is 2. The van der Waals surface area contributed by atoms with E-state index in [1.807, 2.05) is 13.0 Å². The van der Waals surface area contributed by atoms with Gasteiger partial charge in [0, 0.05) is 18.7 Å². The van der Waals surface area contributed by atoms with Gasteiger partial charge >= 0.3 is 0 Å². The summed E-state index contributed by atoms with van der Waals surface area (Å²) in [5, 5.41) is 2.65. The normalized spacial score (nSPS) is 12.2. The number of rotatable bonds is 9. The highest BCUT2D eigenvalue weighted by Crippen LogP contribution is 2.24. The van der Waals surface area contributed by atoms with Crippen molar-refractivity contribution in [2.75, 3.05) is 23.7 Å². The third-order valence-corrected chi connectivity index (χ3v) is 6.26. The van der Waals surface area contributed by atoms with Crippen LogP contribution < -0.4 is 9.62 Å². The van der Waals surface area contributed by atoms with E-state index in [0.717, 1.165) is 16.1 Å². The van der Waals surface area contributed by atoms with E-state index in [9.17, 15) is 22.4 Å². The molecular formula is C23H30FN3O4S. The Hall–Kier alpha value is -2.94. The van der Waals surface area contributed by atoms with Gasteiger partial charge in [-0.1, -0.05) is 30.3 Å². The summed E-state index contributed by atoms with van der Waals surface area (Å²) in [7, 11) is -3.81. The fourth-order valence-electron chi connectivity index (χ4n) is 3.30. The topological polar surface area (TPSA) is 86.8 Å². The molecule has 2 aromatic rings. The molecule has 174 valence electrons. The lowest BCUT2D eigenvalue weighted by molar-refractivity contribution is -0.139. The highest BCUT2D eigenvalue weighted by Gasteiger charge is 2.30. The maximum Gasteiger partial charge on any atom is 0.244 e. The second-order valence-electron chi connectivity index (χ2n) is 7.74. The summed E-state index contributed by atoms with van der Waals surface area (Å²) in [6.45, 7) is 6.54. The van der Waals surface area contributed by atoms with E-state index < -0.39 is 40.2 Å². The fraction of sp³-hybridized carbons (Fsp3) is 0.391. The third kappa shape index (κ3) is 6.29. The second-order valence-corrected chi connectivity index (χ2v) is 9.65. The van der Waals surface area contributed by atoms with Crippen LogP contribution >= 0.6 is 0 Å². The van der Waals surface area contributed by atoms with E-state index in [4.69, 9.17) is 0 Å². The maximum absolute atomic E-state index is 14.3. The molecule has 9 heteroatoms. The Bertz CT molecular complexity index is 1090. The van der Waals surface area contributed by atoms with Gasteiger partial charge in [0.1, 0.15) is 18.4 Å². The summed E-state index contributed by atoms with van der Waals surface area (Å²) in [4.78, 5) is 27.0. The number of nitrogens with zero attached hydrogens (tertiary/aromatic N) is 2. The van der Waals surface area contributed by atoms with Crippen molar-refractivity contribution in [3.63, 3.8) is 0 Å². The zero-order valence-electron chi connectivity index (χ0n) is 19.1. The third-order valence-electron chi connectivity index (χ3n) is 5.13. The molecule has 0 unspecified atom stereocenters. The van der Waals surface area contributed by atoms with Crippen molar-refractivity contribution in [3.05, 3.63) is 65.0 Å². The molecule has 0 fully saturated rings. The van der Waals surface area contributed by atoms with E-state index in [2.05, 4.69) is 5.32 Å². The molecule has 0 spiro atoms. The lowest BCUT2D eigenvalue weighted by Crippen LogP contribution is -2.51. The number of halogens is 1. The molecule has 0 saturated carbocycles. The van der Waals surface area contributed by atoms with Crippen molar-refractivity contribution in [1.29, 1.82) is 0 Å². The van der Waals surface area contributed by atoms with Crippen molar-refractivity contribution in [3.8, 4) is 0 Å². The van der Waals surface area contributed by atoms with Gasteiger partial charge in [0.05, 0.1) is 11.9 Å². The first kappa shape index (κ1) is 25.3. The van der Waals surface area contributed by atoms with E-state index in [0.29, 0.717) is 17.8 Å². The molecule has 0 aliphatic rings. The number of likely N-dealkylation sites (N-methyl/N-ethyl adjacent to an activating group) is 1.